The summed E-state index contributed by atoms with van der Waals surface area (Å²) in [6, 6.07) is 5.81. The van der Waals surface area contributed by atoms with Crippen molar-refractivity contribution in [3.63, 3.8) is 0 Å². The van der Waals surface area contributed by atoms with E-state index < -0.39 is 0 Å². The summed E-state index contributed by atoms with van der Waals surface area (Å²) < 4.78 is 10.6. The van der Waals surface area contributed by atoms with Crippen LogP contribution < -0.4 is 10.2 Å². The SMILES string of the molecule is CCOC(=O)CCNC(=O)C1CCCN(c2nc3cc(Cl)ccc3o2)C1. The van der Waals surface area contributed by atoms with Gasteiger partial charge in [0.15, 0.2) is 5.58 Å². The average Bonchev–Trinajstić information content (AvgIpc) is 3.05. The monoisotopic (exact) mass is 379 g/mol. The summed E-state index contributed by atoms with van der Waals surface area (Å²) in [5.41, 5.74) is 1.37. The Kier molecular flexibility index (Phi) is 5.98. The first kappa shape index (κ1) is 18.5. The largest absolute Gasteiger partial charge is 0.466 e. The van der Waals surface area contributed by atoms with Gasteiger partial charge in [0, 0.05) is 24.7 Å². The number of fused-ring (bicyclic) bond motifs is 1. The molecule has 0 saturated carbocycles. The Morgan fingerprint density at radius 2 is 2.31 bits per heavy atom. The van der Waals surface area contributed by atoms with Gasteiger partial charge in [-0.1, -0.05) is 11.6 Å². The number of carbonyl (C=O) groups is 2. The van der Waals surface area contributed by atoms with E-state index in [2.05, 4.69) is 10.3 Å². The van der Waals surface area contributed by atoms with Crippen molar-refractivity contribution < 1.29 is 18.7 Å². The van der Waals surface area contributed by atoms with Crippen LogP contribution in [0.1, 0.15) is 26.2 Å². The lowest BCUT2D eigenvalue weighted by molar-refractivity contribution is -0.143. The number of oxazole rings is 1. The van der Waals surface area contributed by atoms with Crippen molar-refractivity contribution in [2.24, 2.45) is 5.92 Å². The summed E-state index contributed by atoms with van der Waals surface area (Å²) in [5, 5.41) is 3.42. The van der Waals surface area contributed by atoms with E-state index in [-0.39, 0.29) is 30.8 Å². The molecular formula is C18H22ClN3O4. The number of esters is 1. The molecule has 1 atom stereocenters. The molecular weight excluding hydrogens is 358 g/mol. The number of carbonyl (C=O) groups excluding carboxylic acids is 2. The molecule has 8 heteroatoms. The number of benzene rings is 1. The maximum atomic E-state index is 12.4. The third-order valence-corrected chi connectivity index (χ3v) is 4.57. The molecule has 0 bridgehead atoms. The van der Waals surface area contributed by atoms with Gasteiger partial charge >= 0.3 is 5.97 Å². The Labute approximate surface area is 156 Å². The Hall–Kier alpha value is -2.28. The molecule has 2 heterocycles. The molecule has 7 nitrogen and oxygen atoms in total. The molecule has 140 valence electrons. The van der Waals surface area contributed by atoms with Crippen LogP contribution in [0.5, 0.6) is 0 Å². The predicted molar refractivity (Wildman–Crippen MR) is 98.2 cm³/mol. The number of nitrogens with zero attached hydrogens (tertiary/aromatic N) is 2. The molecule has 0 spiro atoms. The van der Waals surface area contributed by atoms with E-state index >= 15 is 0 Å². The minimum absolute atomic E-state index is 0.0573. The molecule has 0 radical (unpaired) electrons. The van der Waals surface area contributed by atoms with Gasteiger partial charge in [-0.3, -0.25) is 9.59 Å². The second-order valence-corrected chi connectivity index (χ2v) is 6.68. The van der Waals surface area contributed by atoms with Gasteiger partial charge in [0.2, 0.25) is 5.91 Å². The van der Waals surface area contributed by atoms with Crippen LogP contribution in [0.3, 0.4) is 0 Å². The van der Waals surface area contributed by atoms with Crippen molar-refractivity contribution in [2.75, 3.05) is 31.1 Å². The summed E-state index contributed by atoms with van der Waals surface area (Å²) in [7, 11) is 0. The zero-order chi connectivity index (χ0) is 18.5. The highest BCUT2D eigenvalue weighted by atomic mass is 35.5. The molecule has 1 fully saturated rings. The van der Waals surface area contributed by atoms with Gasteiger partial charge in [-0.25, -0.2) is 0 Å². The number of ether oxygens (including phenoxy) is 1. The van der Waals surface area contributed by atoms with E-state index in [9.17, 15) is 9.59 Å². The highest BCUT2D eigenvalue weighted by Crippen LogP contribution is 2.27. The second kappa shape index (κ2) is 8.40. The van der Waals surface area contributed by atoms with E-state index in [1.54, 1.807) is 25.1 Å². The maximum absolute atomic E-state index is 12.4. The van der Waals surface area contributed by atoms with Crippen molar-refractivity contribution >= 4 is 40.6 Å². The fourth-order valence-electron chi connectivity index (χ4n) is 3.05. The van der Waals surface area contributed by atoms with Crippen molar-refractivity contribution in [1.82, 2.24) is 10.3 Å². The van der Waals surface area contributed by atoms with Crippen molar-refractivity contribution in [3.05, 3.63) is 23.2 Å². The number of hydrogen-bond donors (Lipinski definition) is 1. The smallest absolute Gasteiger partial charge is 0.307 e. The number of piperidine rings is 1. The maximum Gasteiger partial charge on any atom is 0.307 e. The molecule has 2 aromatic rings. The van der Waals surface area contributed by atoms with Crippen LogP contribution in [0, 0.1) is 5.92 Å². The Morgan fingerprint density at radius 3 is 3.12 bits per heavy atom. The van der Waals surface area contributed by atoms with Gasteiger partial charge in [0.05, 0.1) is 18.9 Å². The standard InChI is InChI=1S/C18H22ClN3O4/c1-2-25-16(23)7-8-20-17(24)12-4-3-9-22(11-12)18-21-14-10-13(19)5-6-15(14)26-18/h5-6,10,12H,2-4,7-9,11H2,1H3,(H,20,24). The molecule has 1 N–H and O–H groups in total. The van der Waals surface area contributed by atoms with Gasteiger partial charge in [-0.2, -0.15) is 4.98 Å². The molecule has 1 aromatic carbocycles. The average molecular weight is 380 g/mol. The van der Waals surface area contributed by atoms with Gasteiger partial charge in [-0.15, -0.1) is 0 Å². The number of hydrogen-bond acceptors (Lipinski definition) is 6. The van der Waals surface area contributed by atoms with Crippen molar-refractivity contribution in [1.29, 1.82) is 0 Å². The zero-order valence-electron chi connectivity index (χ0n) is 14.7. The third-order valence-electron chi connectivity index (χ3n) is 4.33. The first-order chi connectivity index (χ1) is 12.6. The van der Waals surface area contributed by atoms with E-state index in [0.29, 0.717) is 35.3 Å². The van der Waals surface area contributed by atoms with Gasteiger partial charge in [0.1, 0.15) is 5.52 Å². The van der Waals surface area contributed by atoms with Crippen LogP contribution in [0.4, 0.5) is 6.01 Å². The minimum atomic E-state index is -0.303. The van der Waals surface area contributed by atoms with Crippen molar-refractivity contribution in [3.8, 4) is 0 Å². The Balaban J connectivity index is 1.57. The summed E-state index contributed by atoms with van der Waals surface area (Å²) >= 11 is 5.99. The number of nitrogens with one attached hydrogen (secondary N) is 1. The molecule has 1 aliphatic heterocycles. The molecule has 1 aliphatic rings. The number of anilines is 1. The summed E-state index contributed by atoms with van der Waals surface area (Å²) in [5.74, 6) is -0.522. The number of aromatic nitrogens is 1. The Bertz CT molecular complexity index is 792. The molecule has 3 rings (SSSR count). The lowest BCUT2D eigenvalue weighted by Crippen LogP contribution is -2.43. The fraction of sp³-hybridized carbons (Fsp3) is 0.500. The van der Waals surface area contributed by atoms with Crippen LogP contribution in [0.2, 0.25) is 5.02 Å². The van der Waals surface area contributed by atoms with Crippen LogP contribution >= 0.6 is 11.6 Å². The molecule has 26 heavy (non-hydrogen) atoms. The van der Waals surface area contributed by atoms with Crippen molar-refractivity contribution in [2.45, 2.75) is 26.2 Å². The summed E-state index contributed by atoms with van der Waals surface area (Å²) in [6.45, 7) is 3.71. The van der Waals surface area contributed by atoms with Gasteiger partial charge < -0.3 is 19.4 Å². The quantitative estimate of drug-likeness (QED) is 0.777. The number of halogens is 1. The van der Waals surface area contributed by atoms with Gasteiger partial charge in [-0.05, 0) is 38.0 Å². The first-order valence-electron chi connectivity index (χ1n) is 8.81. The van der Waals surface area contributed by atoms with Crippen LogP contribution in [0.25, 0.3) is 11.1 Å². The van der Waals surface area contributed by atoms with Crippen LogP contribution in [-0.2, 0) is 14.3 Å². The Morgan fingerprint density at radius 1 is 1.46 bits per heavy atom. The topological polar surface area (TPSA) is 84.7 Å². The lowest BCUT2D eigenvalue weighted by Gasteiger charge is -2.30. The van der Waals surface area contributed by atoms with Crippen LogP contribution in [-0.4, -0.2) is 43.1 Å². The van der Waals surface area contributed by atoms with Crippen LogP contribution in [0.15, 0.2) is 22.6 Å². The highest BCUT2D eigenvalue weighted by molar-refractivity contribution is 6.31. The van der Waals surface area contributed by atoms with E-state index in [1.165, 1.54) is 0 Å². The predicted octanol–water partition coefficient (Wildman–Crippen LogP) is 2.77. The fourth-order valence-corrected chi connectivity index (χ4v) is 3.22. The lowest BCUT2D eigenvalue weighted by atomic mass is 9.97. The van der Waals surface area contributed by atoms with E-state index in [0.717, 1.165) is 19.4 Å². The zero-order valence-corrected chi connectivity index (χ0v) is 15.4. The second-order valence-electron chi connectivity index (χ2n) is 6.24. The normalized spacial score (nSPS) is 17.3. The summed E-state index contributed by atoms with van der Waals surface area (Å²) in [4.78, 5) is 30.2. The highest BCUT2D eigenvalue weighted by Gasteiger charge is 2.28. The summed E-state index contributed by atoms with van der Waals surface area (Å²) in [6.07, 6.45) is 1.85. The molecule has 1 amide bonds. The molecule has 1 aromatic heterocycles. The molecule has 1 saturated heterocycles. The van der Waals surface area contributed by atoms with Gasteiger partial charge in [0.25, 0.3) is 6.01 Å². The molecule has 1 unspecified atom stereocenters. The van der Waals surface area contributed by atoms with E-state index in [4.69, 9.17) is 20.8 Å². The molecule has 0 aliphatic carbocycles. The minimum Gasteiger partial charge on any atom is -0.466 e. The van der Waals surface area contributed by atoms with E-state index in [1.807, 2.05) is 4.90 Å². The first-order valence-corrected chi connectivity index (χ1v) is 9.19. The number of rotatable bonds is 6. The third kappa shape index (κ3) is 4.46. The number of amides is 1.